The standard InChI is InChI=1S/C14H20ClFN2/c1-10(17)14-4-2-3-7-18(14)9-11-8-12(16)5-6-13(11)15/h5-6,8,10,14H,2-4,7,9,17H2,1H3. The summed E-state index contributed by atoms with van der Waals surface area (Å²) in [5.41, 5.74) is 6.88. The molecule has 2 atom stereocenters. The molecule has 0 saturated carbocycles. The van der Waals surface area contributed by atoms with Crippen LogP contribution >= 0.6 is 11.6 Å². The number of likely N-dealkylation sites (tertiary alicyclic amines) is 1. The second kappa shape index (κ2) is 6.00. The fourth-order valence-electron chi connectivity index (χ4n) is 2.69. The Bertz CT molecular complexity index is 409. The molecular formula is C14H20ClFN2. The van der Waals surface area contributed by atoms with Gasteiger partial charge in [-0.2, -0.15) is 0 Å². The molecule has 4 heteroatoms. The number of piperidine rings is 1. The van der Waals surface area contributed by atoms with Gasteiger partial charge in [0.25, 0.3) is 0 Å². The number of hydrogen-bond acceptors (Lipinski definition) is 2. The lowest BCUT2D eigenvalue weighted by Gasteiger charge is -2.38. The summed E-state index contributed by atoms with van der Waals surface area (Å²) in [5, 5.41) is 0.630. The summed E-state index contributed by atoms with van der Waals surface area (Å²) >= 11 is 6.12. The van der Waals surface area contributed by atoms with E-state index in [1.807, 2.05) is 6.92 Å². The maximum absolute atomic E-state index is 13.3. The van der Waals surface area contributed by atoms with Crippen LogP contribution in [0.1, 0.15) is 31.7 Å². The first-order valence-corrected chi connectivity index (χ1v) is 6.89. The first-order valence-electron chi connectivity index (χ1n) is 6.51. The zero-order valence-corrected chi connectivity index (χ0v) is 11.5. The lowest BCUT2D eigenvalue weighted by molar-refractivity contribution is 0.123. The average Bonchev–Trinajstić information content (AvgIpc) is 2.34. The molecule has 0 spiro atoms. The Kier molecular flexibility index (Phi) is 4.60. The molecule has 2 N–H and O–H groups in total. The Morgan fingerprint density at radius 1 is 1.50 bits per heavy atom. The minimum absolute atomic E-state index is 0.137. The van der Waals surface area contributed by atoms with E-state index in [-0.39, 0.29) is 11.9 Å². The predicted octanol–water partition coefficient (Wildman–Crippen LogP) is 3.18. The van der Waals surface area contributed by atoms with E-state index in [9.17, 15) is 4.39 Å². The highest BCUT2D eigenvalue weighted by atomic mass is 35.5. The molecule has 2 rings (SSSR count). The van der Waals surface area contributed by atoms with E-state index in [4.69, 9.17) is 17.3 Å². The third-order valence-corrected chi connectivity index (χ3v) is 4.02. The van der Waals surface area contributed by atoms with E-state index < -0.39 is 0 Å². The Morgan fingerprint density at radius 3 is 3.00 bits per heavy atom. The first-order chi connectivity index (χ1) is 8.58. The molecule has 1 heterocycles. The Balaban J connectivity index is 2.13. The number of nitrogens with zero attached hydrogens (tertiary/aromatic N) is 1. The summed E-state index contributed by atoms with van der Waals surface area (Å²) in [4.78, 5) is 2.33. The minimum atomic E-state index is -0.233. The summed E-state index contributed by atoms with van der Waals surface area (Å²) < 4.78 is 13.3. The molecular weight excluding hydrogens is 251 g/mol. The Morgan fingerprint density at radius 2 is 2.28 bits per heavy atom. The summed E-state index contributed by atoms with van der Waals surface area (Å²) in [5.74, 6) is -0.233. The number of rotatable bonds is 3. The van der Waals surface area contributed by atoms with E-state index in [0.717, 1.165) is 18.5 Å². The van der Waals surface area contributed by atoms with Gasteiger partial charge in [-0.25, -0.2) is 4.39 Å². The van der Waals surface area contributed by atoms with Gasteiger partial charge < -0.3 is 5.73 Å². The molecule has 0 aliphatic carbocycles. The van der Waals surface area contributed by atoms with E-state index >= 15 is 0 Å². The fraction of sp³-hybridized carbons (Fsp3) is 0.571. The van der Waals surface area contributed by atoms with E-state index in [0.29, 0.717) is 17.6 Å². The van der Waals surface area contributed by atoms with Crippen LogP contribution in [0.2, 0.25) is 5.02 Å². The van der Waals surface area contributed by atoms with Gasteiger partial charge in [0.05, 0.1) is 0 Å². The Labute approximate surface area is 113 Å². The van der Waals surface area contributed by atoms with Gasteiger partial charge in [0.15, 0.2) is 0 Å². The van der Waals surface area contributed by atoms with Gasteiger partial charge in [-0.3, -0.25) is 4.90 Å². The molecule has 0 radical (unpaired) electrons. The van der Waals surface area contributed by atoms with Crippen LogP contribution in [0.15, 0.2) is 18.2 Å². The van der Waals surface area contributed by atoms with Crippen molar-refractivity contribution in [3.05, 3.63) is 34.6 Å². The van der Waals surface area contributed by atoms with Crippen molar-refractivity contribution >= 4 is 11.6 Å². The van der Waals surface area contributed by atoms with Crippen LogP contribution in [0, 0.1) is 5.82 Å². The molecule has 18 heavy (non-hydrogen) atoms. The number of hydrogen-bond donors (Lipinski definition) is 1. The number of benzene rings is 1. The molecule has 1 aromatic rings. The third-order valence-electron chi connectivity index (χ3n) is 3.65. The average molecular weight is 271 g/mol. The zero-order valence-electron chi connectivity index (χ0n) is 10.7. The molecule has 0 aromatic heterocycles. The van der Waals surface area contributed by atoms with Crippen molar-refractivity contribution in [2.45, 2.75) is 44.8 Å². The first kappa shape index (κ1) is 13.8. The molecule has 2 nitrogen and oxygen atoms in total. The smallest absolute Gasteiger partial charge is 0.123 e. The van der Waals surface area contributed by atoms with Gasteiger partial charge in [-0.1, -0.05) is 18.0 Å². The molecule has 1 saturated heterocycles. The predicted molar refractivity (Wildman–Crippen MR) is 73.1 cm³/mol. The normalized spacial score (nSPS) is 23.0. The summed E-state index contributed by atoms with van der Waals surface area (Å²) in [7, 11) is 0. The highest BCUT2D eigenvalue weighted by molar-refractivity contribution is 6.31. The topological polar surface area (TPSA) is 29.3 Å². The maximum atomic E-state index is 13.3. The molecule has 1 aliphatic rings. The highest BCUT2D eigenvalue weighted by Gasteiger charge is 2.25. The van der Waals surface area contributed by atoms with Crippen molar-refractivity contribution in [1.82, 2.24) is 4.90 Å². The van der Waals surface area contributed by atoms with Gasteiger partial charge >= 0.3 is 0 Å². The van der Waals surface area contributed by atoms with Gasteiger partial charge in [0, 0.05) is 23.7 Å². The van der Waals surface area contributed by atoms with Gasteiger partial charge in [-0.15, -0.1) is 0 Å². The van der Waals surface area contributed by atoms with Crippen molar-refractivity contribution in [2.24, 2.45) is 5.73 Å². The van der Waals surface area contributed by atoms with Crippen molar-refractivity contribution in [2.75, 3.05) is 6.54 Å². The van der Waals surface area contributed by atoms with E-state index in [1.54, 1.807) is 6.07 Å². The van der Waals surface area contributed by atoms with Crippen LogP contribution < -0.4 is 5.73 Å². The van der Waals surface area contributed by atoms with Crippen LogP contribution in [-0.2, 0) is 6.54 Å². The minimum Gasteiger partial charge on any atom is -0.327 e. The quantitative estimate of drug-likeness (QED) is 0.914. The van der Waals surface area contributed by atoms with Crippen molar-refractivity contribution in [3.8, 4) is 0 Å². The van der Waals surface area contributed by atoms with Crippen molar-refractivity contribution < 1.29 is 4.39 Å². The van der Waals surface area contributed by atoms with E-state index in [1.165, 1.54) is 25.0 Å². The molecule has 100 valence electrons. The molecule has 0 bridgehead atoms. The lowest BCUT2D eigenvalue weighted by atomic mass is 9.96. The van der Waals surface area contributed by atoms with E-state index in [2.05, 4.69) is 4.90 Å². The molecule has 1 aromatic carbocycles. The van der Waals surface area contributed by atoms with Crippen LogP contribution in [0.25, 0.3) is 0 Å². The van der Waals surface area contributed by atoms with Crippen LogP contribution in [0.5, 0.6) is 0 Å². The molecule has 0 amide bonds. The number of halogens is 2. The largest absolute Gasteiger partial charge is 0.327 e. The van der Waals surface area contributed by atoms with Crippen LogP contribution in [0.3, 0.4) is 0 Å². The molecule has 1 fully saturated rings. The zero-order chi connectivity index (χ0) is 13.1. The van der Waals surface area contributed by atoms with Crippen molar-refractivity contribution in [1.29, 1.82) is 0 Å². The SMILES string of the molecule is CC(N)C1CCCCN1Cc1cc(F)ccc1Cl. The fourth-order valence-corrected chi connectivity index (χ4v) is 2.87. The van der Waals surface area contributed by atoms with Gasteiger partial charge in [0.2, 0.25) is 0 Å². The maximum Gasteiger partial charge on any atom is 0.123 e. The Hall–Kier alpha value is -0.640. The molecule has 1 aliphatic heterocycles. The van der Waals surface area contributed by atoms with Crippen molar-refractivity contribution in [3.63, 3.8) is 0 Å². The van der Waals surface area contributed by atoms with Gasteiger partial charge in [-0.05, 0) is 50.1 Å². The second-order valence-corrected chi connectivity index (χ2v) is 5.54. The highest BCUT2D eigenvalue weighted by Crippen LogP contribution is 2.25. The van der Waals surface area contributed by atoms with Crippen LogP contribution in [-0.4, -0.2) is 23.5 Å². The summed E-state index contributed by atoms with van der Waals surface area (Å²) in [6.07, 6.45) is 3.51. The van der Waals surface area contributed by atoms with Gasteiger partial charge in [0.1, 0.15) is 5.82 Å². The lowest BCUT2D eigenvalue weighted by Crippen LogP contribution is -2.48. The summed E-state index contributed by atoms with van der Waals surface area (Å²) in [6, 6.07) is 5.05. The third kappa shape index (κ3) is 3.22. The number of nitrogens with two attached hydrogens (primary N) is 1. The monoisotopic (exact) mass is 270 g/mol. The summed E-state index contributed by atoms with van der Waals surface area (Å²) in [6.45, 7) is 3.73. The second-order valence-electron chi connectivity index (χ2n) is 5.13. The van der Waals surface area contributed by atoms with Crippen LogP contribution in [0.4, 0.5) is 4.39 Å². The molecule has 2 unspecified atom stereocenters.